The Hall–Kier alpha value is -0.260. The van der Waals surface area contributed by atoms with E-state index in [1.807, 2.05) is 13.8 Å². The Kier molecular flexibility index (Phi) is 6.84. The van der Waals surface area contributed by atoms with E-state index in [0.717, 1.165) is 37.6 Å². The maximum atomic E-state index is 11.6. The van der Waals surface area contributed by atoms with Crippen molar-refractivity contribution in [1.82, 2.24) is 10.6 Å². The summed E-state index contributed by atoms with van der Waals surface area (Å²) < 4.78 is 5.42. The van der Waals surface area contributed by atoms with Gasteiger partial charge in [-0.05, 0) is 26.7 Å². The van der Waals surface area contributed by atoms with Crippen LogP contribution >= 0.6 is 11.8 Å². The van der Waals surface area contributed by atoms with Gasteiger partial charge in [-0.3, -0.25) is 10.1 Å². The minimum atomic E-state index is 0.0110. The summed E-state index contributed by atoms with van der Waals surface area (Å²) >= 11 is 1.77. The summed E-state index contributed by atoms with van der Waals surface area (Å²) in [6.07, 6.45) is 2.29. The van der Waals surface area contributed by atoms with Crippen LogP contribution in [0.1, 0.15) is 26.7 Å². The Morgan fingerprint density at radius 3 is 3.00 bits per heavy atom. The molecule has 0 radical (unpaired) electrons. The van der Waals surface area contributed by atoms with Gasteiger partial charge in [0.2, 0.25) is 5.91 Å². The second-order valence-electron chi connectivity index (χ2n) is 4.19. The van der Waals surface area contributed by atoms with E-state index in [0.29, 0.717) is 6.10 Å². The lowest BCUT2D eigenvalue weighted by molar-refractivity contribution is -0.122. The van der Waals surface area contributed by atoms with E-state index in [9.17, 15) is 4.79 Å². The molecule has 1 aliphatic heterocycles. The number of carbonyl (C=O) groups excluding carboxylic acids is 1. The standard InChI is InChI=1S/C11H22N2O2S/c1-9(2)15-6-4-3-5-12-11(14)10-7-16-8-13-10/h9-10,13H,3-8H2,1-2H3,(H,12,14). The first-order valence-corrected chi connectivity index (χ1v) is 7.06. The van der Waals surface area contributed by atoms with Gasteiger partial charge in [0.25, 0.3) is 0 Å². The third kappa shape index (κ3) is 5.72. The van der Waals surface area contributed by atoms with Gasteiger partial charge < -0.3 is 10.1 Å². The number of rotatable bonds is 7. The zero-order valence-electron chi connectivity index (χ0n) is 10.1. The van der Waals surface area contributed by atoms with E-state index in [1.165, 1.54) is 0 Å². The van der Waals surface area contributed by atoms with Crippen molar-refractivity contribution in [3.63, 3.8) is 0 Å². The minimum Gasteiger partial charge on any atom is -0.379 e. The Balaban J connectivity index is 1.92. The van der Waals surface area contributed by atoms with Crippen LogP contribution in [0.2, 0.25) is 0 Å². The molecule has 1 fully saturated rings. The van der Waals surface area contributed by atoms with Crippen LogP contribution in [0.15, 0.2) is 0 Å². The van der Waals surface area contributed by atoms with Crippen molar-refractivity contribution in [2.45, 2.75) is 38.8 Å². The molecule has 16 heavy (non-hydrogen) atoms. The number of hydrogen-bond acceptors (Lipinski definition) is 4. The van der Waals surface area contributed by atoms with Crippen molar-refractivity contribution in [3.8, 4) is 0 Å². The van der Waals surface area contributed by atoms with E-state index in [4.69, 9.17) is 4.74 Å². The Bertz CT molecular complexity index is 206. The highest BCUT2D eigenvalue weighted by atomic mass is 32.2. The van der Waals surface area contributed by atoms with Crippen molar-refractivity contribution in [2.24, 2.45) is 0 Å². The quantitative estimate of drug-likeness (QED) is 0.657. The number of amides is 1. The summed E-state index contributed by atoms with van der Waals surface area (Å²) in [6.45, 7) is 5.60. The maximum Gasteiger partial charge on any atom is 0.238 e. The summed E-state index contributed by atoms with van der Waals surface area (Å²) in [7, 11) is 0. The average Bonchev–Trinajstić information content (AvgIpc) is 2.75. The number of ether oxygens (including phenoxy) is 1. The molecule has 4 nitrogen and oxygen atoms in total. The highest BCUT2D eigenvalue weighted by Gasteiger charge is 2.21. The Morgan fingerprint density at radius 1 is 1.56 bits per heavy atom. The first kappa shape index (κ1) is 13.8. The molecule has 0 aliphatic carbocycles. The van der Waals surface area contributed by atoms with Crippen molar-refractivity contribution in [1.29, 1.82) is 0 Å². The van der Waals surface area contributed by atoms with Gasteiger partial charge in [0.15, 0.2) is 0 Å². The molecule has 0 spiro atoms. The largest absolute Gasteiger partial charge is 0.379 e. The molecular formula is C11H22N2O2S. The zero-order valence-corrected chi connectivity index (χ0v) is 10.9. The van der Waals surface area contributed by atoms with Crippen molar-refractivity contribution in [2.75, 3.05) is 24.8 Å². The predicted molar refractivity (Wildman–Crippen MR) is 67.6 cm³/mol. The minimum absolute atomic E-state index is 0.0110. The fourth-order valence-corrected chi connectivity index (χ4v) is 2.39. The Morgan fingerprint density at radius 2 is 2.38 bits per heavy atom. The summed E-state index contributed by atoms with van der Waals surface area (Å²) in [5.41, 5.74) is 0. The van der Waals surface area contributed by atoms with Crippen LogP contribution in [0, 0.1) is 0 Å². The van der Waals surface area contributed by atoms with Crippen molar-refractivity contribution in [3.05, 3.63) is 0 Å². The van der Waals surface area contributed by atoms with Gasteiger partial charge in [0, 0.05) is 24.8 Å². The van der Waals surface area contributed by atoms with Crippen LogP contribution in [0.5, 0.6) is 0 Å². The second-order valence-corrected chi connectivity index (χ2v) is 5.22. The van der Waals surface area contributed by atoms with Gasteiger partial charge in [-0.25, -0.2) is 0 Å². The first-order valence-electron chi connectivity index (χ1n) is 5.90. The number of unbranched alkanes of at least 4 members (excludes halogenated alkanes) is 1. The summed E-state index contributed by atoms with van der Waals surface area (Å²) in [6, 6.07) is 0.0110. The molecule has 1 rings (SSSR count). The predicted octanol–water partition coefficient (Wildman–Crippen LogP) is 0.970. The third-order valence-electron chi connectivity index (χ3n) is 2.35. The highest BCUT2D eigenvalue weighted by molar-refractivity contribution is 7.99. The molecule has 0 aromatic rings. The van der Waals surface area contributed by atoms with Crippen LogP contribution in [-0.4, -0.2) is 42.8 Å². The number of carbonyl (C=O) groups is 1. The number of hydrogen-bond donors (Lipinski definition) is 2. The van der Waals surface area contributed by atoms with Crippen molar-refractivity contribution < 1.29 is 9.53 Å². The lowest BCUT2D eigenvalue weighted by Gasteiger charge is -2.10. The smallest absolute Gasteiger partial charge is 0.238 e. The van der Waals surface area contributed by atoms with Gasteiger partial charge in [0.1, 0.15) is 0 Å². The molecule has 1 unspecified atom stereocenters. The lowest BCUT2D eigenvalue weighted by atomic mass is 10.3. The second kappa shape index (κ2) is 7.92. The highest BCUT2D eigenvalue weighted by Crippen LogP contribution is 2.09. The molecule has 94 valence electrons. The molecule has 1 atom stereocenters. The lowest BCUT2D eigenvalue weighted by Crippen LogP contribution is -2.42. The van der Waals surface area contributed by atoms with Gasteiger partial charge in [0.05, 0.1) is 12.1 Å². The molecule has 0 bridgehead atoms. The fourth-order valence-electron chi connectivity index (χ4n) is 1.44. The summed E-state index contributed by atoms with van der Waals surface area (Å²) in [5, 5.41) is 6.09. The zero-order chi connectivity index (χ0) is 11.8. The molecule has 1 heterocycles. The topological polar surface area (TPSA) is 50.4 Å². The fraction of sp³-hybridized carbons (Fsp3) is 0.909. The molecule has 0 saturated carbocycles. The molecule has 2 N–H and O–H groups in total. The van der Waals surface area contributed by atoms with Crippen LogP contribution in [0.3, 0.4) is 0 Å². The van der Waals surface area contributed by atoms with E-state index in [2.05, 4.69) is 10.6 Å². The van der Waals surface area contributed by atoms with Gasteiger partial charge in [-0.2, -0.15) is 0 Å². The molecule has 0 aromatic carbocycles. The molecule has 1 aliphatic rings. The molecule has 1 amide bonds. The third-order valence-corrected chi connectivity index (χ3v) is 3.29. The van der Waals surface area contributed by atoms with Crippen LogP contribution in [0.25, 0.3) is 0 Å². The molecule has 1 saturated heterocycles. The Labute approximate surface area is 102 Å². The average molecular weight is 246 g/mol. The van der Waals surface area contributed by atoms with E-state index in [-0.39, 0.29) is 11.9 Å². The van der Waals surface area contributed by atoms with Gasteiger partial charge in [-0.1, -0.05) is 0 Å². The summed E-state index contributed by atoms with van der Waals surface area (Å²) in [5.74, 6) is 1.91. The van der Waals surface area contributed by atoms with Gasteiger partial charge >= 0.3 is 0 Å². The van der Waals surface area contributed by atoms with Crippen LogP contribution < -0.4 is 10.6 Å². The number of thioether (sulfide) groups is 1. The maximum absolute atomic E-state index is 11.6. The SMILES string of the molecule is CC(C)OCCCCNC(=O)C1CSCN1. The summed E-state index contributed by atoms with van der Waals surface area (Å²) in [4.78, 5) is 11.6. The number of nitrogens with one attached hydrogen (secondary N) is 2. The molecule has 0 aromatic heterocycles. The molecule has 5 heteroatoms. The van der Waals surface area contributed by atoms with Crippen LogP contribution in [-0.2, 0) is 9.53 Å². The van der Waals surface area contributed by atoms with E-state index in [1.54, 1.807) is 11.8 Å². The normalized spacial score (nSPS) is 20.3. The van der Waals surface area contributed by atoms with E-state index >= 15 is 0 Å². The molecular weight excluding hydrogens is 224 g/mol. The first-order chi connectivity index (χ1) is 7.70. The van der Waals surface area contributed by atoms with Gasteiger partial charge in [-0.15, -0.1) is 11.8 Å². The monoisotopic (exact) mass is 246 g/mol. The van der Waals surface area contributed by atoms with E-state index < -0.39 is 0 Å². The van der Waals surface area contributed by atoms with Crippen LogP contribution in [0.4, 0.5) is 0 Å². The van der Waals surface area contributed by atoms with Crippen molar-refractivity contribution >= 4 is 17.7 Å².